The number of rotatable bonds is 4. The molecule has 1 fully saturated rings. The van der Waals surface area contributed by atoms with Gasteiger partial charge in [0.2, 0.25) is 0 Å². The topological polar surface area (TPSA) is 12.5 Å². The summed E-state index contributed by atoms with van der Waals surface area (Å²) in [7, 11) is 1.42. The van der Waals surface area contributed by atoms with Crippen LogP contribution in [0.4, 0.5) is 17.6 Å². The quantitative estimate of drug-likeness (QED) is 0.789. The monoisotopic (exact) mass is 291 g/mol. The molecule has 1 saturated heterocycles. The minimum Gasteiger partial charge on any atom is -0.381 e. The summed E-state index contributed by atoms with van der Waals surface area (Å²) >= 11 is 0. The predicted octanol–water partition coefficient (Wildman–Crippen LogP) is 3.27. The number of likely N-dealkylation sites (tertiary alicyclic amines) is 1. The Labute approximate surface area is 115 Å². The maximum Gasteiger partial charge on any atom is 0.416 e. The number of benzene rings is 1. The van der Waals surface area contributed by atoms with E-state index in [-0.39, 0.29) is 31.7 Å². The number of hydrogen-bond acceptors (Lipinski definition) is 2. The Morgan fingerprint density at radius 2 is 2.00 bits per heavy atom. The van der Waals surface area contributed by atoms with Gasteiger partial charge in [-0.3, -0.25) is 4.90 Å². The molecule has 0 saturated carbocycles. The first-order chi connectivity index (χ1) is 9.34. The van der Waals surface area contributed by atoms with Crippen molar-refractivity contribution in [2.24, 2.45) is 0 Å². The predicted molar refractivity (Wildman–Crippen MR) is 67.1 cm³/mol. The summed E-state index contributed by atoms with van der Waals surface area (Å²) < 4.78 is 57.7. The van der Waals surface area contributed by atoms with Crippen LogP contribution in [0.2, 0.25) is 0 Å². The zero-order chi connectivity index (χ0) is 14.8. The smallest absolute Gasteiger partial charge is 0.381 e. The summed E-state index contributed by atoms with van der Waals surface area (Å²) in [4.78, 5) is 1.70. The van der Waals surface area contributed by atoms with E-state index in [1.165, 1.54) is 19.2 Å². The highest BCUT2D eigenvalue weighted by atomic mass is 19.4. The second-order valence-corrected chi connectivity index (χ2v) is 5.20. The Morgan fingerprint density at radius 1 is 1.30 bits per heavy atom. The standard InChI is InChI=1S/C14H17F4NO/c1-20-10-13(15)6-7-19(9-13)8-11-4-2-3-5-12(11)14(16,17)18/h2-5H,6-10H2,1H3. The molecule has 2 nitrogen and oxygen atoms in total. The highest BCUT2D eigenvalue weighted by Gasteiger charge is 2.39. The average molecular weight is 291 g/mol. The highest BCUT2D eigenvalue weighted by molar-refractivity contribution is 5.29. The summed E-state index contributed by atoms with van der Waals surface area (Å²) in [6.45, 7) is 0.620. The van der Waals surface area contributed by atoms with Crippen molar-refractivity contribution in [3.05, 3.63) is 35.4 Å². The van der Waals surface area contributed by atoms with Gasteiger partial charge in [-0.2, -0.15) is 13.2 Å². The van der Waals surface area contributed by atoms with E-state index in [2.05, 4.69) is 0 Å². The first-order valence-electron chi connectivity index (χ1n) is 6.39. The van der Waals surface area contributed by atoms with Gasteiger partial charge in [0.1, 0.15) is 5.67 Å². The molecule has 6 heteroatoms. The maximum atomic E-state index is 14.2. The fourth-order valence-corrected chi connectivity index (χ4v) is 2.60. The van der Waals surface area contributed by atoms with Crippen LogP contribution in [-0.4, -0.2) is 37.4 Å². The Bertz CT molecular complexity index is 463. The van der Waals surface area contributed by atoms with Crippen molar-refractivity contribution >= 4 is 0 Å². The summed E-state index contributed by atoms with van der Waals surface area (Å²) in [6, 6.07) is 5.43. The van der Waals surface area contributed by atoms with Crippen molar-refractivity contribution in [1.29, 1.82) is 0 Å². The number of nitrogens with zero attached hydrogens (tertiary/aromatic N) is 1. The van der Waals surface area contributed by atoms with Crippen LogP contribution in [0, 0.1) is 0 Å². The van der Waals surface area contributed by atoms with Gasteiger partial charge < -0.3 is 4.74 Å². The lowest BCUT2D eigenvalue weighted by Crippen LogP contribution is -2.33. The van der Waals surface area contributed by atoms with Crippen molar-refractivity contribution in [3.63, 3.8) is 0 Å². The lowest BCUT2D eigenvalue weighted by atomic mass is 10.1. The molecule has 0 N–H and O–H groups in total. The zero-order valence-electron chi connectivity index (χ0n) is 11.2. The van der Waals surface area contributed by atoms with Gasteiger partial charge in [-0.15, -0.1) is 0 Å². The van der Waals surface area contributed by atoms with Crippen LogP contribution in [-0.2, 0) is 17.5 Å². The first kappa shape index (κ1) is 15.3. The van der Waals surface area contributed by atoms with Crippen molar-refractivity contribution in [2.75, 3.05) is 26.8 Å². The molecule has 1 aromatic carbocycles. The second kappa shape index (κ2) is 5.69. The normalized spacial score (nSPS) is 24.2. The molecule has 0 spiro atoms. The Hall–Kier alpha value is -1.14. The third-order valence-electron chi connectivity index (χ3n) is 3.50. The average Bonchev–Trinajstić information content (AvgIpc) is 2.70. The molecule has 1 unspecified atom stereocenters. The fourth-order valence-electron chi connectivity index (χ4n) is 2.60. The van der Waals surface area contributed by atoms with E-state index in [0.717, 1.165) is 6.07 Å². The van der Waals surface area contributed by atoms with E-state index in [9.17, 15) is 17.6 Å². The van der Waals surface area contributed by atoms with Gasteiger partial charge in [0, 0.05) is 26.7 Å². The van der Waals surface area contributed by atoms with Gasteiger partial charge in [0.15, 0.2) is 0 Å². The lowest BCUT2D eigenvalue weighted by Gasteiger charge is -2.21. The zero-order valence-corrected chi connectivity index (χ0v) is 11.2. The van der Waals surface area contributed by atoms with Gasteiger partial charge in [-0.25, -0.2) is 4.39 Å². The Kier molecular flexibility index (Phi) is 4.34. The molecule has 1 aliphatic rings. The summed E-state index contributed by atoms with van der Waals surface area (Å²) in [6.07, 6.45) is -4.09. The van der Waals surface area contributed by atoms with Crippen molar-refractivity contribution in [3.8, 4) is 0 Å². The molecule has 1 aliphatic heterocycles. The van der Waals surface area contributed by atoms with E-state index in [4.69, 9.17) is 4.74 Å². The molecular weight excluding hydrogens is 274 g/mol. The van der Waals surface area contributed by atoms with Gasteiger partial charge in [-0.05, 0) is 18.1 Å². The van der Waals surface area contributed by atoms with E-state index >= 15 is 0 Å². The number of alkyl halides is 4. The van der Waals surface area contributed by atoms with Crippen LogP contribution in [0.1, 0.15) is 17.5 Å². The molecule has 0 aliphatic carbocycles. The summed E-state index contributed by atoms with van der Waals surface area (Å²) in [5.41, 5.74) is -1.92. The van der Waals surface area contributed by atoms with Crippen LogP contribution < -0.4 is 0 Å². The van der Waals surface area contributed by atoms with Crippen LogP contribution >= 0.6 is 0 Å². The van der Waals surface area contributed by atoms with Gasteiger partial charge in [-0.1, -0.05) is 18.2 Å². The van der Waals surface area contributed by atoms with Crippen LogP contribution in [0.5, 0.6) is 0 Å². The van der Waals surface area contributed by atoms with E-state index < -0.39 is 17.4 Å². The number of hydrogen-bond donors (Lipinski definition) is 0. The minimum atomic E-state index is -4.38. The molecule has 1 atom stereocenters. The van der Waals surface area contributed by atoms with Crippen LogP contribution in [0.15, 0.2) is 24.3 Å². The van der Waals surface area contributed by atoms with Crippen LogP contribution in [0.25, 0.3) is 0 Å². The van der Waals surface area contributed by atoms with Gasteiger partial charge in [0.25, 0.3) is 0 Å². The molecular formula is C14H17F4NO. The SMILES string of the molecule is COCC1(F)CCN(Cc2ccccc2C(F)(F)F)C1. The third-order valence-corrected chi connectivity index (χ3v) is 3.50. The first-order valence-corrected chi connectivity index (χ1v) is 6.39. The molecule has 112 valence electrons. The number of methoxy groups -OCH3 is 1. The largest absolute Gasteiger partial charge is 0.416 e. The highest BCUT2D eigenvalue weighted by Crippen LogP contribution is 2.34. The maximum absolute atomic E-state index is 14.2. The number of ether oxygens (including phenoxy) is 1. The van der Waals surface area contributed by atoms with E-state index in [1.54, 1.807) is 11.0 Å². The minimum absolute atomic E-state index is 0.0234. The molecule has 1 aromatic rings. The molecule has 20 heavy (non-hydrogen) atoms. The molecule has 0 aromatic heterocycles. The third kappa shape index (κ3) is 3.49. The van der Waals surface area contributed by atoms with E-state index in [1.807, 2.05) is 0 Å². The molecule has 0 radical (unpaired) electrons. The van der Waals surface area contributed by atoms with Crippen molar-refractivity contribution < 1.29 is 22.3 Å². The van der Waals surface area contributed by atoms with E-state index in [0.29, 0.717) is 6.54 Å². The summed E-state index contributed by atoms with van der Waals surface area (Å²) in [5, 5.41) is 0. The summed E-state index contributed by atoms with van der Waals surface area (Å²) in [5.74, 6) is 0. The molecule has 2 rings (SSSR count). The lowest BCUT2D eigenvalue weighted by molar-refractivity contribution is -0.138. The fraction of sp³-hybridized carbons (Fsp3) is 0.571. The Morgan fingerprint density at radius 3 is 2.65 bits per heavy atom. The second-order valence-electron chi connectivity index (χ2n) is 5.20. The van der Waals surface area contributed by atoms with Crippen LogP contribution in [0.3, 0.4) is 0 Å². The molecule has 0 bridgehead atoms. The van der Waals surface area contributed by atoms with Gasteiger partial charge in [0.05, 0.1) is 12.2 Å². The molecule has 0 amide bonds. The van der Waals surface area contributed by atoms with Crippen molar-refractivity contribution in [2.45, 2.75) is 24.8 Å². The number of halogens is 4. The van der Waals surface area contributed by atoms with Gasteiger partial charge >= 0.3 is 6.18 Å². The molecule has 1 heterocycles. The Balaban J connectivity index is 2.09. The van der Waals surface area contributed by atoms with Crippen molar-refractivity contribution in [1.82, 2.24) is 4.90 Å².